The average Bonchev–Trinajstić information content (AvgIpc) is 3.21. The van der Waals surface area contributed by atoms with Crippen molar-refractivity contribution < 1.29 is 4.74 Å². The molecule has 2 aliphatic rings. The van der Waals surface area contributed by atoms with Gasteiger partial charge in [0.2, 0.25) is 0 Å². The van der Waals surface area contributed by atoms with Gasteiger partial charge in [-0.1, -0.05) is 0 Å². The first-order valence-electron chi connectivity index (χ1n) is 8.18. The van der Waals surface area contributed by atoms with Crippen LogP contribution in [0.3, 0.4) is 0 Å². The summed E-state index contributed by atoms with van der Waals surface area (Å²) in [5.41, 5.74) is 3.28. The minimum atomic E-state index is 0.607. The Balaban J connectivity index is 1.56. The Kier molecular flexibility index (Phi) is 3.61. The van der Waals surface area contributed by atoms with Gasteiger partial charge in [0.15, 0.2) is 0 Å². The van der Waals surface area contributed by atoms with Gasteiger partial charge in [-0.15, -0.1) is 0 Å². The molecule has 1 aromatic heterocycles. The molecule has 2 fully saturated rings. The van der Waals surface area contributed by atoms with E-state index in [1.165, 1.54) is 30.2 Å². The lowest BCUT2D eigenvalue weighted by atomic mass is 9.96. The molecule has 4 rings (SSSR count). The molecule has 114 valence electrons. The number of fused-ring (bicyclic) bond motifs is 1. The fourth-order valence-electron chi connectivity index (χ4n) is 4.06. The molecule has 22 heavy (non-hydrogen) atoms. The van der Waals surface area contributed by atoms with Gasteiger partial charge in [0, 0.05) is 36.2 Å². The molecular weight excluding hydrogens is 274 g/mol. The van der Waals surface area contributed by atoms with E-state index < -0.39 is 0 Å². The van der Waals surface area contributed by atoms with Crippen molar-refractivity contribution in [3.63, 3.8) is 0 Å². The predicted octanol–water partition coefficient (Wildman–Crippen LogP) is 3.01. The lowest BCUT2D eigenvalue weighted by molar-refractivity contribution is 0.0177. The largest absolute Gasteiger partial charge is 0.379 e. The molecule has 2 atom stereocenters. The van der Waals surface area contributed by atoms with E-state index in [-0.39, 0.29) is 0 Å². The second-order valence-corrected chi connectivity index (χ2v) is 6.43. The number of rotatable bonds is 2. The Hall–Kier alpha value is -1.83. The molecule has 0 spiro atoms. The third-order valence-electron chi connectivity index (χ3n) is 5.25. The van der Waals surface area contributed by atoms with Crippen LogP contribution in [0.4, 0.5) is 0 Å². The molecule has 0 bridgehead atoms. The summed E-state index contributed by atoms with van der Waals surface area (Å²) < 4.78 is 5.46. The number of ether oxygens (including phenoxy) is 1. The maximum absolute atomic E-state index is 9.12. The number of aromatic amines is 1. The van der Waals surface area contributed by atoms with E-state index >= 15 is 0 Å². The monoisotopic (exact) mass is 295 g/mol. The van der Waals surface area contributed by atoms with Crippen LogP contribution in [0.1, 0.15) is 36.3 Å². The highest BCUT2D eigenvalue weighted by molar-refractivity contribution is 5.85. The van der Waals surface area contributed by atoms with Gasteiger partial charge in [0.25, 0.3) is 0 Å². The second-order valence-electron chi connectivity index (χ2n) is 6.43. The van der Waals surface area contributed by atoms with Crippen LogP contribution in [0.2, 0.25) is 0 Å². The third-order valence-corrected chi connectivity index (χ3v) is 5.25. The fourth-order valence-corrected chi connectivity index (χ4v) is 4.06. The Labute approximate surface area is 130 Å². The number of morpholine rings is 1. The van der Waals surface area contributed by atoms with Crippen molar-refractivity contribution in [3.05, 3.63) is 35.5 Å². The van der Waals surface area contributed by atoms with Gasteiger partial charge < -0.3 is 9.72 Å². The number of hydrogen-bond acceptors (Lipinski definition) is 3. The van der Waals surface area contributed by atoms with Crippen LogP contribution in [-0.2, 0) is 4.74 Å². The van der Waals surface area contributed by atoms with Crippen molar-refractivity contribution in [2.45, 2.75) is 31.2 Å². The zero-order chi connectivity index (χ0) is 14.9. The van der Waals surface area contributed by atoms with Crippen LogP contribution in [0, 0.1) is 11.3 Å². The van der Waals surface area contributed by atoms with Crippen molar-refractivity contribution in [1.29, 1.82) is 5.26 Å². The topological polar surface area (TPSA) is 52.0 Å². The quantitative estimate of drug-likeness (QED) is 0.926. The van der Waals surface area contributed by atoms with Gasteiger partial charge >= 0.3 is 0 Å². The van der Waals surface area contributed by atoms with Crippen molar-refractivity contribution in [2.24, 2.45) is 0 Å². The lowest BCUT2D eigenvalue weighted by Crippen LogP contribution is -2.42. The molecule has 1 aliphatic heterocycles. The van der Waals surface area contributed by atoms with E-state index in [1.807, 2.05) is 18.2 Å². The molecule has 0 radical (unpaired) electrons. The number of nitrogens with zero attached hydrogens (tertiary/aromatic N) is 2. The molecule has 2 aromatic rings. The zero-order valence-electron chi connectivity index (χ0n) is 12.7. The number of benzene rings is 1. The summed E-state index contributed by atoms with van der Waals surface area (Å²) >= 11 is 0. The van der Waals surface area contributed by atoms with Crippen molar-refractivity contribution in [3.8, 4) is 6.07 Å². The van der Waals surface area contributed by atoms with Crippen LogP contribution in [0.15, 0.2) is 24.4 Å². The summed E-state index contributed by atoms with van der Waals surface area (Å²) in [6, 6.07) is 8.88. The Bertz CT molecular complexity index is 709. The molecule has 1 aromatic carbocycles. The first-order chi connectivity index (χ1) is 10.8. The molecule has 2 heterocycles. The van der Waals surface area contributed by atoms with Crippen molar-refractivity contribution in [2.75, 3.05) is 26.3 Å². The SMILES string of the molecule is N#Cc1ccc2[nH]cc(C3CCC(N4CCOCC4)C3)c2c1. The van der Waals surface area contributed by atoms with Crippen molar-refractivity contribution in [1.82, 2.24) is 9.88 Å². The predicted molar refractivity (Wildman–Crippen MR) is 85.8 cm³/mol. The van der Waals surface area contributed by atoms with Gasteiger partial charge in [0.1, 0.15) is 0 Å². The van der Waals surface area contributed by atoms with E-state index in [4.69, 9.17) is 10.00 Å². The van der Waals surface area contributed by atoms with Crippen LogP contribution in [0.25, 0.3) is 10.9 Å². The summed E-state index contributed by atoms with van der Waals surface area (Å²) in [7, 11) is 0. The maximum Gasteiger partial charge on any atom is 0.0991 e. The van der Waals surface area contributed by atoms with E-state index in [0.717, 1.165) is 37.4 Å². The first-order valence-corrected chi connectivity index (χ1v) is 8.18. The average molecular weight is 295 g/mol. The molecule has 1 N–H and O–H groups in total. The molecule has 1 saturated carbocycles. The van der Waals surface area contributed by atoms with E-state index in [1.54, 1.807) is 0 Å². The highest BCUT2D eigenvalue weighted by Crippen LogP contribution is 2.40. The minimum Gasteiger partial charge on any atom is -0.379 e. The number of aromatic nitrogens is 1. The lowest BCUT2D eigenvalue weighted by Gasteiger charge is -2.32. The van der Waals surface area contributed by atoms with Crippen molar-refractivity contribution >= 4 is 10.9 Å². The highest BCUT2D eigenvalue weighted by atomic mass is 16.5. The minimum absolute atomic E-state index is 0.607. The van der Waals surface area contributed by atoms with Crippen LogP contribution < -0.4 is 0 Å². The third kappa shape index (κ3) is 2.41. The molecule has 1 aliphatic carbocycles. The zero-order valence-corrected chi connectivity index (χ0v) is 12.7. The molecule has 1 saturated heterocycles. The Morgan fingerprint density at radius 2 is 2.09 bits per heavy atom. The highest BCUT2D eigenvalue weighted by Gasteiger charge is 2.31. The van der Waals surface area contributed by atoms with Crippen LogP contribution >= 0.6 is 0 Å². The van der Waals surface area contributed by atoms with Gasteiger partial charge in [-0.2, -0.15) is 5.26 Å². The number of H-pyrrole nitrogens is 1. The van der Waals surface area contributed by atoms with Crippen LogP contribution in [-0.4, -0.2) is 42.2 Å². The normalized spacial score (nSPS) is 26.3. The number of nitrogens with one attached hydrogen (secondary N) is 1. The summed E-state index contributed by atoms with van der Waals surface area (Å²) in [5, 5.41) is 10.4. The Morgan fingerprint density at radius 1 is 1.23 bits per heavy atom. The number of nitriles is 1. The fraction of sp³-hybridized carbons (Fsp3) is 0.500. The smallest absolute Gasteiger partial charge is 0.0991 e. The summed E-state index contributed by atoms with van der Waals surface area (Å²) in [6.07, 6.45) is 5.89. The standard InChI is InChI=1S/C18H21N3O/c19-11-13-1-4-18-16(9-13)17(12-20-18)14-2-3-15(10-14)21-5-7-22-8-6-21/h1,4,9,12,14-15,20H,2-3,5-8,10H2. The van der Waals surface area contributed by atoms with E-state index in [0.29, 0.717) is 12.0 Å². The molecule has 2 unspecified atom stereocenters. The molecule has 4 heteroatoms. The van der Waals surface area contributed by atoms with E-state index in [9.17, 15) is 0 Å². The summed E-state index contributed by atoms with van der Waals surface area (Å²) in [4.78, 5) is 5.96. The van der Waals surface area contributed by atoms with Gasteiger partial charge in [-0.05, 0) is 48.9 Å². The van der Waals surface area contributed by atoms with Gasteiger partial charge in [-0.3, -0.25) is 4.90 Å². The van der Waals surface area contributed by atoms with Gasteiger partial charge in [-0.25, -0.2) is 0 Å². The van der Waals surface area contributed by atoms with Gasteiger partial charge in [0.05, 0.1) is 24.8 Å². The molecule has 4 nitrogen and oxygen atoms in total. The van der Waals surface area contributed by atoms with E-state index in [2.05, 4.69) is 22.1 Å². The Morgan fingerprint density at radius 3 is 2.91 bits per heavy atom. The molecule has 0 amide bonds. The second kappa shape index (κ2) is 5.75. The first kappa shape index (κ1) is 13.8. The summed E-state index contributed by atoms with van der Waals surface area (Å²) in [6.45, 7) is 3.90. The van der Waals surface area contributed by atoms with Crippen LogP contribution in [0.5, 0.6) is 0 Å². The summed E-state index contributed by atoms with van der Waals surface area (Å²) in [5.74, 6) is 0.607. The number of hydrogen-bond donors (Lipinski definition) is 1. The molecular formula is C18H21N3O. The maximum atomic E-state index is 9.12.